The zero-order chi connectivity index (χ0) is 24.7. The monoisotopic (exact) mass is 491 g/mol. The van der Waals surface area contributed by atoms with E-state index < -0.39 is 12.1 Å². The van der Waals surface area contributed by atoms with E-state index in [1.54, 1.807) is 29.1 Å². The number of aryl methyl sites for hydroxylation is 1. The number of benzene rings is 3. The van der Waals surface area contributed by atoms with Crippen molar-refractivity contribution in [1.82, 2.24) is 15.1 Å². The van der Waals surface area contributed by atoms with Crippen LogP contribution in [0, 0.1) is 24.0 Å². The molecular formula is C29H31F2N3O2. The van der Waals surface area contributed by atoms with Crippen LogP contribution < -0.4 is 10.1 Å². The van der Waals surface area contributed by atoms with Gasteiger partial charge in [-0.2, -0.15) is 5.10 Å². The number of nitrogens with zero attached hydrogens (tertiary/aromatic N) is 2. The summed E-state index contributed by atoms with van der Waals surface area (Å²) in [6, 6.07) is 15.9. The summed E-state index contributed by atoms with van der Waals surface area (Å²) in [5, 5.41) is 8.36. The molecule has 188 valence electrons. The Hall–Kier alpha value is -3.74. The number of aromatic nitrogens is 2. The predicted molar refractivity (Wildman–Crippen MR) is 137 cm³/mol. The van der Waals surface area contributed by atoms with Crippen LogP contribution in [0.1, 0.15) is 51.3 Å². The lowest BCUT2D eigenvalue weighted by molar-refractivity contribution is -0.127. The maximum Gasteiger partial charge on any atom is 0.226 e. The average Bonchev–Trinajstić information content (AvgIpc) is 3.46. The Morgan fingerprint density at radius 2 is 1.75 bits per heavy atom. The molecule has 7 heteroatoms. The van der Waals surface area contributed by atoms with E-state index in [9.17, 15) is 13.6 Å². The summed E-state index contributed by atoms with van der Waals surface area (Å²) in [4.78, 5) is 12.7. The van der Waals surface area contributed by atoms with E-state index >= 15 is 0 Å². The molecule has 5 nitrogen and oxygen atoms in total. The second-order valence-corrected chi connectivity index (χ2v) is 9.62. The lowest BCUT2D eigenvalue weighted by Gasteiger charge is -2.28. The number of halogens is 2. The van der Waals surface area contributed by atoms with Gasteiger partial charge in [0.15, 0.2) is 0 Å². The second kappa shape index (κ2) is 9.72. The molecule has 2 atom stereocenters. The largest absolute Gasteiger partial charge is 0.484 e. The predicted octanol–water partition coefficient (Wildman–Crippen LogP) is 6.67. The van der Waals surface area contributed by atoms with Gasteiger partial charge in [-0.15, -0.1) is 0 Å². The van der Waals surface area contributed by atoms with E-state index in [0.29, 0.717) is 11.3 Å². The minimum Gasteiger partial charge on any atom is -0.484 e. The number of carbonyl (C=O) groups is 1. The fourth-order valence-electron chi connectivity index (χ4n) is 4.24. The molecule has 0 bridgehead atoms. The summed E-state index contributed by atoms with van der Waals surface area (Å²) in [5.41, 5.74) is 2.81. The highest BCUT2D eigenvalue weighted by Gasteiger charge is 2.45. The third-order valence-electron chi connectivity index (χ3n) is 6.78. The van der Waals surface area contributed by atoms with Gasteiger partial charge in [-0.05, 0) is 86.8 Å². The summed E-state index contributed by atoms with van der Waals surface area (Å²) < 4.78 is 35.6. The van der Waals surface area contributed by atoms with Crippen molar-refractivity contribution in [3.8, 4) is 11.4 Å². The van der Waals surface area contributed by atoms with Crippen LogP contribution in [0.4, 0.5) is 8.78 Å². The molecule has 1 heterocycles. The van der Waals surface area contributed by atoms with E-state index in [2.05, 4.69) is 10.4 Å². The molecule has 36 heavy (non-hydrogen) atoms. The highest BCUT2D eigenvalue weighted by atomic mass is 19.1. The third kappa shape index (κ3) is 4.96. The number of hydrogen-bond donors (Lipinski definition) is 1. The van der Waals surface area contributed by atoms with E-state index in [1.165, 1.54) is 24.3 Å². The van der Waals surface area contributed by atoms with Crippen molar-refractivity contribution < 1.29 is 18.3 Å². The maximum absolute atomic E-state index is 14.2. The second-order valence-electron chi connectivity index (χ2n) is 9.62. The van der Waals surface area contributed by atoms with E-state index in [1.807, 2.05) is 39.0 Å². The normalized spacial score (nSPS) is 15.6. The SMILES string of the molecule is C.Cc1ccc(F)cc1[C@@H](Oc1ccc2c(cnn2-c2ccc(F)cc2)c1)[C@H](C)NC(=O)C1(C)CC1. The van der Waals surface area contributed by atoms with Crippen LogP contribution in [0.5, 0.6) is 5.75 Å². The van der Waals surface area contributed by atoms with Gasteiger partial charge in [-0.1, -0.05) is 20.4 Å². The fourth-order valence-corrected chi connectivity index (χ4v) is 4.24. The van der Waals surface area contributed by atoms with Gasteiger partial charge in [0.25, 0.3) is 0 Å². The molecule has 1 N–H and O–H groups in total. The summed E-state index contributed by atoms with van der Waals surface area (Å²) in [7, 11) is 0. The van der Waals surface area contributed by atoms with Crippen molar-refractivity contribution in [2.45, 2.75) is 53.2 Å². The van der Waals surface area contributed by atoms with Crippen molar-refractivity contribution >= 4 is 16.8 Å². The van der Waals surface area contributed by atoms with Gasteiger partial charge in [0.2, 0.25) is 5.91 Å². The average molecular weight is 492 g/mol. The first kappa shape index (κ1) is 25.4. The first-order valence-corrected chi connectivity index (χ1v) is 11.7. The topological polar surface area (TPSA) is 56.1 Å². The minimum atomic E-state index is -0.596. The van der Waals surface area contributed by atoms with Gasteiger partial charge in [-0.25, -0.2) is 13.5 Å². The number of hydrogen-bond acceptors (Lipinski definition) is 3. The molecule has 5 rings (SSSR count). The Morgan fingerprint density at radius 3 is 2.44 bits per heavy atom. The van der Waals surface area contributed by atoms with Crippen molar-refractivity contribution in [2.75, 3.05) is 0 Å². The van der Waals surface area contributed by atoms with Crippen LogP contribution >= 0.6 is 0 Å². The van der Waals surface area contributed by atoms with E-state index in [0.717, 1.165) is 35.0 Å². The zero-order valence-electron chi connectivity index (χ0n) is 19.9. The van der Waals surface area contributed by atoms with Crippen LogP contribution in [0.15, 0.2) is 66.9 Å². The van der Waals surface area contributed by atoms with Crippen LogP contribution in [-0.2, 0) is 4.79 Å². The summed E-state index contributed by atoms with van der Waals surface area (Å²) in [6.45, 7) is 5.73. The van der Waals surface area contributed by atoms with E-state index in [-0.39, 0.29) is 30.4 Å². The van der Waals surface area contributed by atoms with Gasteiger partial charge in [0.05, 0.1) is 23.4 Å². The zero-order valence-corrected chi connectivity index (χ0v) is 19.9. The van der Waals surface area contributed by atoms with Crippen molar-refractivity contribution in [1.29, 1.82) is 0 Å². The number of amides is 1. The third-order valence-corrected chi connectivity index (χ3v) is 6.78. The van der Waals surface area contributed by atoms with Crippen molar-refractivity contribution in [3.63, 3.8) is 0 Å². The number of carbonyl (C=O) groups excluding carboxylic acids is 1. The quantitative estimate of drug-likeness (QED) is 0.314. The minimum absolute atomic E-state index is 0. The summed E-state index contributed by atoms with van der Waals surface area (Å²) in [5.74, 6) is -0.105. The van der Waals surface area contributed by atoms with Gasteiger partial charge in [0.1, 0.15) is 23.5 Å². The van der Waals surface area contributed by atoms with E-state index in [4.69, 9.17) is 4.74 Å². The van der Waals surface area contributed by atoms with Gasteiger partial charge < -0.3 is 10.1 Å². The molecule has 1 aromatic heterocycles. The Morgan fingerprint density at radius 1 is 1.06 bits per heavy atom. The van der Waals surface area contributed by atoms with Crippen LogP contribution in [0.2, 0.25) is 0 Å². The van der Waals surface area contributed by atoms with Crippen molar-refractivity contribution in [2.24, 2.45) is 5.41 Å². The summed E-state index contributed by atoms with van der Waals surface area (Å²) >= 11 is 0. The van der Waals surface area contributed by atoms with Gasteiger partial charge in [-0.3, -0.25) is 4.79 Å². The highest BCUT2D eigenvalue weighted by molar-refractivity contribution is 5.85. The molecule has 0 radical (unpaired) electrons. The number of fused-ring (bicyclic) bond motifs is 1. The molecule has 1 fully saturated rings. The maximum atomic E-state index is 14.2. The molecule has 1 saturated carbocycles. The molecule has 3 aromatic carbocycles. The Balaban J connectivity index is 0.00000304. The standard InChI is InChI=1S/C28H27F2N3O2.CH4/c1-17-4-5-21(30)15-24(17)26(18(2)32-27(34)28(3)12-13-28)35-23-10-11-25-19(14-23)16-31-33(25)22-8-6-20(29)7-9-22;/h4-11,14-16,18,26H,12-13H2,1-3H3,(H,32,34);1H4/t18-,26-;/m0./s1. The molecule has 0 aliphatic heterocycles. The van der Waals surface area contributed by atoms with Gasteiger partial charge >= 0.3 is 0 Å². The lowest BCUT2D eigenvalue weighted by atomic mass is 9.97. The first-order chi connectivity index (χ1) is 16.7. The van der Waals surface area contributed by atoms with Gasteiger partial charge in [0, 0.05) is 16.4 Å². The molecule has 1 aliphatic rings. The summed E-state index contributed by atoms with van der Waals surface area (Å²) in [6.07, 6.45) is 2.85. The Kier molecular flexibility index (Phi) is 6.85. The molecule has 0 unspecified atom stereocenters. The highest BCUT2D eigenvalue weighted by Crippen LogP contribution is 2.45. The smallest absolute Gasteiger partial charge is 0.226 e. The molecule has 1 amide bonds. The van der Waals surface area contributed by atoms with Crippen LogP contribution in [0.3, 0.4) is 0 Å². The number of nitrogens with one attached hydrogen (secondary N) is 1. The Bertz CT molecular complexity index is 1390. The number of rotatable bonds is 7. The molecule has 0 saturated heterocycles. The first-order valence-electron chi connectivity index (χ1n) is 11.7. The van der Waals surface area contributed by atoms with Crippen molar-refractivity contribution in [3.05, 3.63) is 89.6 Å². The lowest BCUT2D eigenvalue weighted by Crippen LogP contribution is -2.42. The van der Waals surface area contributed by atoms with Crippen LogP contribution in [-0.4, -0.2) is 21.7 Å². The molecule has 0 spiro atoms. The number of ether oxygens (including phenoxy) is 1. The fraction of sp³-hybridized carbons (Fsp3) is 0.310. The Labute approximate surface area is 210 Å². The molecule has 4 aromatic rings. The molecule has 1 aliphatic carbocycles. The molecular weight excluding hydrogens is 460 g/mol. The van der Waals surface area contributed by atoms with Crippen LogP contribution in [0.25, 0.3) is 16.6 Å².